The van der Waals surface area contributed by atoms with Gasteiger partial charge in [-0.1, -0.05) is 41.7 Å². The maximum atomic E-state index is 12.6. The number of aromatic nitrogens is 2. The minimum Gasteiger partial charge on any atom is -0.298 e. The number of carbonyl (C=O) groups is 1. The molecular weight excluding hydrogens is 350 g/mol. The van der Waals surface area contributed by atoms with Gasteiger partial charge >= 0.3 is 0 Å². The first-order valence-corrected chi connectivity index (χ1v) is 9.40. The van der Waals surface area contributed by atoms with Crippen LogP contribution >= 0.6 is 22.7 Å². The van der Waals surface area contributed by atoms with Gasteiger partial charge in [0, 0.05) is 10.9 Å². The smallest absolute Gasteiger partial charge is 0.257 e. The molecule has 2 aromatic heterocycles. The molecule has 0 aliphatic rings. The Morgan fingerprint density at radius 3 is 2.88 bits per heavy atom. The van der Waals surface area contributed by atoms with Crippen LogP contribution in [0.15, 0.2) is 60.1 Å². The summed E-state index contributed by atoms with van der Waals surface area (Å²) in [7, 11) is 0. The van der Waals surface area contributed by atoms with Gasteiger partial charge in [-0.15, -0.1) is 11.3 Å². The van der Waals surface area contributed by atoms with Crippen LogP contribution in [-0.2, 0) is 0 Å². The number of benzene rings is 3. The zero-order valence-corrected chi connectivity index (χ0v) is 14.5. The van der Waals surface area contributed by atoms with E-state index in [2.05, 4.69) is 33.5 Å². The first kappa shape index (κ1) is 14.5. The minimum absolute atomic E-state index is 0.154. The Morgan fingerprint density at radius 1 is 1.00 bits per heavy atom. The molecular formula is C19H11N3OS2. The first-order valence-electron chi connectivity index (χ1n) is 7.71. The van der Waals surface area contributed by atoms with E-state index in [0.29, 0.717) is 10.7 Å². The fourth-order valence-electron chi connectivity index (χ4n) is 2.88. The second-order valence-corrected chi connectivity index (χ2v) is 7.56. The number of hydrogen-bond acceptors (Lipinski definition) is 5. The van der Waals surface area contributed by atoms with Crippen molar-refractivity contribution in [3.63, 3.8) is 0 Å². The number of carbonyl (C=O) groups excluding carboxylic acids is 1. The molecule has 0 aliphatic heterocycles. The van der Waals surface area contributed by atoms with Crippen molar-refractivity contribution in [3.8, 4) is 0 Å². The number of rotatable bonds is 2. The van der Waals surface area contributed by atoms with Crippen LogP contribution in [0, 0.1) is 0 Å². The van der Waals surface area contributed by atoms with Gasteiger partial charge < -0.3 is 0 Å². The van der Waals surface area contributed by atoms with E-state index in [0.717, 1.165) is 31.2 Å². The second-order valence-electron chi connectivity index (χ2n) is 5.64. The molecule has 0 aliphatic carbocycles. The molecule has 0 bridgehead atoms. The van der Waals surface area contributed by atoms with E-state index in [1.54, 1.807) is 11.6 Å². The zero-order valence-electron chi connectivity index (χ0n) is 12.9. The third-order valence-electron chi connectivity index (χ3n) is 4.10. The molecule has 1 amide bonds. The summed E-state index contributed by atoms with van der Waals surface area (Å²) in [6.07, 6.45) is 0. The third kappa shape index (κ3) is 2.47. The summed E-state index contributed by atoms with van der Waals surface area (Å²) in [5.41, 5.74) is 4.23. The van der Waals surface area contributed by atoms with E-state index >= 15 is 0 Å². The van der Waals surface area contributed by atoms with Gasteiger partial charge in [0.05, 0.1) is 25.9 Å². The minimum atomic E-state index is -0.154. The summed E-state index contributed by atoms with van der Waals surface area (Å²) < 4.78 is 2.06. The van der Waals surface area contributed by atoms with Crippen molar-refractivity contribution in [1.29, 1.82) is 0 Å². The number of hydrogen-bond donors (Lipinski definition) is 1. The lowest BCUT2D eigenvalue weighted by Crippen LogP contribution is -2.11. The van der Waals surface area contributed by atoms with Crippen LogP contribution in [0.5, 0.6) is 0 Å². The van der Waals surface area contributed by atoms with E-state index in [1.165, 1.54) is 22.7 Å². The Morgan fingerprint density at radius 2 is 1.92 bits per heavy atom. The number of nitrogens with one attached hydrogen (secondary N) is 1. The normalized spacial score (nSPS) is 11.4. The predicted molar refractivity (Wildman–Crippen MR) is 105 cm³/mol. The number of thiazole rings is 2. The zero-order chi connectivity index (χ0) is 16.8. The van der Waals surface area contributed by atoms with Crippen LogP contribution in [0.1, 0.15) is 10.4 Å². The highest BCUT2D eigenvalue weighted by atomic mass is 32.1. The lowest BCUT2D eigenvalue weighted by atomic mass is 10.1. The van der Waals surface area contributed by atoms with Gasteiger partial charge in [0.1, 0.15) is 0 Å². The van der Waals surface area contributed by atoms with Crippen LogP contribution in [0.3, 0.4) is 0 Å². The van der Waals surface area contributed by atoms with Crippen molar-refractivity contribution in [1.82, 2.24) is 9.97 Å². The van der Waals surface area contributed by atoms with Crippen molar-refractivity contribution in [2.75, 3.05) is 5.32 Å². The van der Waals surface area contributed by atoms with Gasteiger partial charge in [0.25, 0.3) is 5.91 Å². The average Bonchev–Trinajstić information content (AvgIpc) is 3.27. The molecule has 0 spiro atoms. The van der Waals surface area contributed by atoms with Crippen molar-refractivity contribution >= 4 is 64.9 Å². The van der Waals surface area contributed by atoms with Crippen molar-refractivity contribution in [2.24, 2.45) is 0 Å². The molecule has 0 fully saturated rings. The van der Waals surface area contributed by atoms with Gasteiger partial charge in [-0.2, -0.15) is 0 Å². The topological polar surface area (TPSA) is 54.9 Å². The number of anilines is 1. The van der Waals surface area contributed by atoms with Gasteiger partial charge in [0.2, 0.25) is 0 Å². The lowest BCUT2D eigenvalue weighted by molar-refractivity contribution is 0.102. The molecule has 25 heavy (non-hydrogen) atoms. The van der Waals surface area contributed by atoms with Gasteiger partial charge in [-0.3, -0.25) is 10.1 Å². The molecule has 0 saturated heterocycles. The maximum Gasteiger partial charge on any atom is 0.257 e. The summed E-state index contributed by atoms with van der Waals surface area (Å²) in [5.74, 6) is -0.154. The maximum absolute atomic E-state index is 12.6. The van der Waals surface area contributed by atoms with Crippen LogP contribution in [0.4, 0.5) is 5.13 Å². The fraction of sp³-hybridized carbons (Fsp3) is 0. The van der Waals surface area contributed by atoms with E-state index in [-0.39, 0.29) is 5.91 Å². The second kappa shape index (κ2) is 5.61. The number of nitrogens with zero attached hydrogens (tertiary/aromatic N) is 2. The highest BCUT2D eigenvalue weighted by Gasteiger charge is 2.12. The summed E-state index contributed by atoms with van der Waals surface area (Å²) in [4.78, 5) is 21.4. The monoisotopic (exact) mass is 361 g/mol. The van der Waals surface area contributed by atoms with Gasteiger partial charge in [0.15, 0.2) is 5.13 Å². The van der Waals surface area contributed by atoms with Crippen LogP contribution in [0.25, 0.3) is 31.2 Å². The highest BCUT2D eigenvalue weighted by molar-refractivity contribution is 7.22. The molecule has 0 unspecified atom stereocenters. The van der Waals surface area contributed by atoms with E-state index < -0.39 is 0 Å². The molecule has 4 nitrogen and oxygen atoms in total. The first-order chi connectivity index (χ1) is 12.3. The molecule has 5 aromatic rings. The highest BCUT2D eigenvalue weighted by Crippen LogP contribution is 2.32. The standard InChI is InChI=1S/C19H11N3OS2/c23-18(12-5-7-14-16(9-12)24-10-20-14)22-19-21-17-13-4-2-1-3-11(13)6-8-15(17)25-19/h1-10H,(H,21,22,23). The van der Waals surface area contributed by atoms with Crippen LogP contribution in [0.2, 0.25) is 0 Å². The van der Waals surface area contributed by atoms with E-state index in [4.69, 9.17) is 0 Å². The molecule has 0 radical (unpaired) electrons. The van der Waals surface area contributed by atoms with Crippen LogP contribution in [-0.4, -0.2) is 15.9 Å². The Bertz CT molecular complexity index is 1260. The predicted octanol–water partition coefficient (Wildman–Crippen LogP) is 5.31. The Balaban J connectivity index is 1.52. The number of amides is 1. The fourth-order valence-corrected chi connectivity index (χ4v) is 4.47. The number of fused-ring (bicyclic) bond motifs is 4. The molecule has 5 rings (SSSR count). The molecule has 6 heteroatoms. The summed E-state index contributed by atoms with van der Waals surface area (Å²) in [6.45, 7) is 0. The van der Waals surface area contributed by atoms with Crippen molar-refractivity contribution < 1.29 is 4.79 Å². The summed E-state index contributed by atoms with van der Waals surface area (Å²) >= 11 is 3.01. The molecule has 1 N–H and O–H groups in total. The molecule has 3 aromatic carbocycles. The van der Waals surface area contributed by atoms with Crippen molar-refractivity contribution in [3.05, 3.63) is 65.7 Å². The van der Waals surface area contributed by atoms with Crippen LogP contribution < -0.4 is 5.32 Å². The van der Waals surface area contributed by atoms with E-state index in [9.17, 15) is 4.79 Å². The Labute approximate surface area is 150 Å². The Hall–Kier alpha value is -2.83. The van der Waals surface area contributed by atoms with E-state index in [1.807, 2.05) is 30.3 Å². The molecule has 120 valence electrons. The average molecular weight is 361 g/mol. The van der Waals surface area contributed by atoms with Crippen molar-refractivity contribution in [2.45, 2.75) is 0 Å². The molecule has 0 atom stereocenters. The largest absolute Gasteiger partial charge is 0.298 e. The molecule has 2 heterocycles. The summed E-state index contributed by atoms with van der Waals surface area (Å²) in [6, 6.07) is 17.8. The Kier molecular flexibility index (Phi) is 3.26. The SMILES string of the molecule is O=C(Nc1nc2c(ccc3ccccc32)s1)c1ccc2ncsc2c1. The van der Waals surface area contributed by atoms with Gasteiger partial charge in [-0.25, -0.2) is 9.97 Å². The lowest BCUT2D eigenvalue weighted by Gasteiger charge is -2.01. The quantitative estimate of drug-likeness (QED) is 0.463. The molecule has 0 saturated carbocycles. The van der Waals surface area contributed by atoms with Gasteiger partial charge in [-0.05, 0) is 29.7 Å². The third-order valence-corrected chi connectivity index (χ3v) is 5.83. The summed E-state index contributed by atoms with van der Waals surface area (Å²) in [5, 5.41) is 5.78.